The molecule has 1 aliphatic carbocycles. The fourth-order valence-corrected chi connectivity index (χ4v) is 4.21. The van der Waals surface area contributed by atoms with E-state index >= 15 is 0 Å². The number of pyridine rings is 1. The van der Waals surface area contributed by atoms with Crippen LogP contribution in [0.5, 0.6) is 0 Å². The second kappa shape index (κ2) is 5.75. The highest BCUT2D eigenvalue weighted by Gasteiger charge is 2.21. The Morgan fingerprint density at radius 2 is 2.10 bits per heavy atom. The molecule has 1 fully saturated rings. The summed E-state index contributed by atoms with van der Waals surface area (Å²) in [5, 5.41) is 3.38. The molecule has 0 bridgehead atoms. The smallest absolute Gasteiger partial charge is 0.271 e. The summed E-state index contributed by atoms with van der Waals surface area (Å²) in [7, 11) is -3.53. The van der Waals surface area contributed by atoms with Crippen LogP contribution in [-0.4, -0.2) is 19.4 Å². The van der Waals surface area contributed by atoms with Gasteiger partial charge in [-0.25, -0.2) is 8.42 Å². The van der Waals surface area contributed by atoms with Crippen LogP contribution >= 0.6 is 11.3 Å². The second-order valence-electron chi connectivity index (χ2n) is 5.17. The third-order valence-corrected chi connectivity index (χ3v) is 6.17. The van der Waals surface area contributed by atoms with Crippen molar-refractivity contribution in [2.24, 2.45) is 0 Å². The Labute approximate surface area is 128 Å². The van der Waals surface area contributed by atoms with Crippen molar-refractivity contribution in [3.63, 3.8) is 0 Å². The minimum atomic E-state index is -3.53. The van der Waals surface area contributed by atoms with Gasteiger partial charge >= 0.3 is 0 Å². The molecule has 0 aliphatic heterocycles. The molecular formula is C14H17N3O2S2. The highest BCUT2D eigenvalue weighted by molar-refractivity contribution is 7.94. The lowest BCUT2D eigenvalue weighted by Gasteiger charge is -2.05. The molecule has 1 saturated carbocycles. The number of nitrogens with one attached hydrogen (secondary N) is 2. The topological polar surface area (TPSA) is 71.1 Å². The van der Waals surface area contributed by atoms with Crippen LogP contribution in [0.25, 0.3) is 0 Å². The van der Waals surface area contributed by atoms with Gasteiger partial charge in [0.2, 0.25) is 0 Å². The molecule has 112 valence electrons. The van der Waals surface area contributed by atoms with E-state index in [1.807, 2.05) is 13.0 Å². The average molecular weight is 323 g/mol. The maximum atomic E-state index is 12.3. The molecule has 2 heterocycles. The van der Waals surface area contributed by atoms with Gasteiger partial charge in [-0.3, -0.25) is 9.71 Å². The van der Waals surface area contributed by atoms with Crippen LogP contribution in [0.1, 0.15) is 23.4 Å². The average Bonchev–Trinajstić information content (AvgIpc) is 3.15. The molecule has 5 nitrogen and oxygen atoms in total. The van der Waals surface area contributed by atoms with E-state index in [0.717, 1.165) is 17.1 Å². The van der Waals surface area contributed by atoms with Crippen molar-refractivity contribution in [1.82, 2.24) is 10.3 Å². The third kappa shape index (κ3) is 3.81. The number of nitrogens with zero attached hydrogens (tertiary/aromatic N) is 1. The summed E-state index contributed by atoms with van der Waals surface area (Å²) in [6.07, 6.45) is 3.97. The molecule has 2 N–H and O–H groups in total. The number of hydrogen-bond acceptors (Lipinski definition) is 5. The highest BCUT2D eigenvalue weighted by Crippen LogP contribution is 2.25. The fraction of sp³-hybridized carbons (Fsp3) is 0.357. The van der Waals surface area contributed by atoms with Crippen molar-refractivity contribution in [3.8, 4) is 0 Å². The van der Waals surface area contributed by atoms with Crippen molar-refractivity contribution < 1.29 is 8.42 Å². The van der Waals surface area contributed by atoms with E-state index in [1.54, 1.807) is 18.2 Å². The molecule has 2 aromatic rings. The fourth-order valence-electron chi connectivity index (χ4n) is 1.86. The van der Waals surface area contributed by atoms with Gasteiger partial charge in [0.15, 0.2) is 0 Å². The maximum absolute atomic E-state index is 12.3. The van der Waals surface area contributed by atoms with E-state index in [9.17, 15) is 8.42 Å². The van der Waals surface area contributed by atoms with Crippen LogP contribution in [0.2, 0.25) is 0 Å². The summed E-state index contributed by atoms with van der Waals surface area (Å²) in [4.78, 5) is 5.12. The van der Waals surface area contributed by atoms with E-state index in [4.69, 9.17) is 0 Å². The predicted octanol–water partition coefficient (Wildman–Crippen LogP) is 2.50. The number of aromatic nitrogens is 1. The van der Waals surface area contributed by atoms with Gasteiger partial charge in [-0.15, -0.1) is 11.3 Å². The van der Waals surface area contributed by atoms with E-state index < -0.39 is 10.0 Å². The molecule has 21 heavy (non-hydrogen) atoms. The summed E-state index contributed by atoms with van der Waals surface area (Å²) in [6, 6.07) is 7.62. The number of thiophene rings is 1. The van der Waals surface area contributed by atoms with Gasteiger partial charge in [-0.05, 0) is 44.0 Å². The molecule has 0 amide bonds. The Morgan fingerprint density at radius 3 is 2.76 bits per heavy atom. The summed E-state index contributed by atoms with van der Waals surface area (Å²) in [6.45, 7) is 2.59. The Kier molecular flexibility index (Phi) is 3.97. The first kappa shape index (κ1) is 14.5. The van der Waals surface area contributed by atoms with Gasteiger partial charge in [-0.1, -0.05) is 0 Å². The van der Waals surface area contributed by atoms with E-state index in [1.165, 1.54) is 30.4 Å². The number of rotatable bonds is 6. The summed E-state index contributed by atoms with van der Waals surface area (Å²) < 4.78 is 27.5. The molecule has 0 unspecified atom stereocenters. The lowest BCUT2D eigenvalue weighted by atomic mass is 10.4. The van der Waals surface area contributed by atoms with Gasteiger partial charge in [0.05, 0.1) is 11.9 Å². The molecule has 1 aliphatic rings. The summed E-state index contributed by atoms with van der Waals surface area (Å²) >= 11 is 1.30. The van der Waals surface area contributed by atoms with Crippen LogP contribution in [-0.2, 0) is 16.6 Å². The molecule has 0 saturated heterocycles. The van der Waals surface area contributed by atoms with Crippen LogP contribution in [0, 0.1) is 6.92 Å². The van der Waals surface area contributed by atoms with E-state index in [2.05, 4.69) is 15.0 Å². The SMILES string of the molecule is Cc1ccc(NS(=O)(=O)c2ccc(CNC3CC3)s2)cn1. The van der Waals surface area contributed by atoms with Crippen molar-refractivity contribution in [3.05, 3.63) is 41.0 Å². The van der Waals surface area contributed by atoms with Gasteiger partial charge in [0.25, 0.3) is 10.0 Å². The Morgan fingerprint density at radius 1 is 1.29 bits per heavy atom. The predicted molar refractivity (Wildman–Crippen MR) is 84.0 cm³/mol. The van der Waals surface area contributed by atoms with Crippen molar-refractivity contribution in [2.45, 2.75) is 36.6 Å². The first-order valence-corrected chi connectivity index (χ1v) is 9.10. The van der Waals surface area contributed by atoms with Crippen LogP contribution < -0.4 is 10.0 Å². The maximum Gasteiger partial charge on any atom is 0.271 e. The van der Waals surface area contributed by atoms with Gasteiger partial charge in [0.1, 0.15) is 4.21 Å². The molecule has 7 heteroatoms. The van der Waals surface area contributed by atoms with E-state index in [-0.39, 0.29) is 0 Å². The number of anilines is 1. The minimum absolute atomic E-state index is 0.329. The zero-order valence-electron chi connectivity index (χ0n) is 11.7. The minimum Gasteiger partial charge on any atom is -0.309 e. The quantitative estimate of drug-likeness (QED) is 0.857. The first-order valence-electron chi connectivity index (χ1n) is 6.80. The molecule has 0 spiro atoms. The van der Waals surface area contributed by atoms with Crippen LogP contribution in [0.15, 0.2) is 34.7 Å². The third-order valence-electron chi connectivity index (χ3n) is 3.21. The molecule has 0 atom stereocenters. The number of aryl methyl sites for hydroxylation is 1. The van der Waals surface area contributed by atoms with E-state index in [0.29, 0.717) is 15.9 Å². The molecule has 0 radical (unpaired) electrons. The standard InChI is InChI=1S/C14H17N3O2S2/c1-10-2-3-12(8-15-10)17-21(18,19)14-7-6-13(20-14)9-16-11-4-5-11/h2-3,6-8,11,16-17H,4-5,9H2,1H3. The van der Waals surface area contributed by atoms with Crippen LogP contribution in [0.4, 0.5) is 5.69 Å². The molecule has 0 aromatic carbocycles. The van der Waals surface area contributed by atoms with Crippen molar-refractivity contribution in [1.29, 1.82) is 0 Å². The molecular weight excluding hydrogens is 306 g/mol. The van der Waals surface area contributed by atoms with Crippen molar-refractivity contribution >= 4 is 27.0 Å². The van der Waals surface area contributed by atoms with Crippen LogP contribution in [0.3, 0.4) is 0 Å². The summed E-state index contributed by atoms with van der Waals surface area (Å²) in [5.41, 5.74) is 1.33. The zero-order chi connectivity index (χ0) is 14.9. The Balaban J connectivity index is 1.69. The Hall–Kier alpha value is -1.44. The lowest BCUT2D eigenvalue weighted by Crippen LogP contribution is -2.14. The van der Waals surface area contributed by atoms with Gasteiger partial charge in [0, 0.05) is 23.2 Å². The number of hydrogen-bond donors (Lipinski definition) is 2. The largest absolute Gasteiger partial charge is 0.309 e. The first-order chi connectivity index (χ1) is 10.0. The zero-order valence-corrected chi connectivity index (χ0v) is 13.3. The second-order valence-corrected chi connectivity index (χ2v) is 8.25. The van der Waals surface area contributed by atoms with Gasteiger partial charge in [-0.2, -0.15) is 0 Å². The highest BCUT2D eigenvalue weighted by atomic mass is 32.2. The van der Waals surface area contributed by atoms with Crippen molar-refractivity contribution in [2.75, 3.05) is 4.72 Å². The number of sulfonamides is 1. The van der Waals surface area contributed by atoms with Gasteiger partial charge < -0.3 is 5.32 Å². The molecule has 2 aromatic heterocycles. The summed E-state index contributed by atoms with van der Waals surface area (Å²) in [5.74, 6) is 0. The Bertz CT molecular complexity index is 719. The molecule has 3 rings (SSSR count). The normalized spacial score (nSPS) is 15.1. The monoisotopic (exact) mass is 323 g/mol. The lowest BCUT2D eigenvalue weighted by molar-refractivity contribution is 0.603.